The zero-order chi connectivity index (χ0) is 23.2. The van der Waals surface area contributed by atoms with Crippen molar-refractivity contribution in [1.82, 2.24) is 26.4 Å². The average Bonchev–Trinajstić information content (AvgIpc) is 3.39. The van der Waals surface area contributed by atoms with E-state index >= 15 is 0 Å². The molecule has 8 heteroatoms. The van der Waals surface area contributed by atoms with Gasteiger partial charge in [0.2, 0.25) is 0 Å². The van der Waals surface area contributed by atoms with Crippen LogP contribution < -0.4 is 26.2 Å². The van der Waals surface area contributed by atoms with Crippen molar-refractivity contribution in [3.8, 4) is 5.75 Å². The predicted molar refractivity (Wildman–Crippen MR) is 127 cm³/mol. The fraction of sp³-hybridized carbons (Fsp3) is 0.440. The van der Waals surface area contributed by atoms with E-state index in [0.29, 0.717) is 29.3 Å². The van der Waals surface area contributed by atoms with E-state index in [1.54, 1.807) is 7.11 Å². The summed E-state index contributed by atoms with van der Waals surface area (Å²) in [6.07, 6.45) is 1.93. The number of likely N-dealkylation sites (tertiary alicyclic amines) is 1. The lowest BCUT2D eigenvalue weighted by atomic mass is 9.98. The molecule has 0 radical (unpaired) electrons. The molecule has 2 aromatic carbocycles. The SMILES string of the molecule is COc1cc(C2CNNC2)ccc1C(=O)NCc1cccc(C(=O)NC2CCN(C)CC2)c1. The van der Waals surface area contributed by atoms with Crippen LogP contribution in [-0.2, 0) is 6.54 Å². The molecule has 33 heavy (non-hydrogen) atoms. The van der Waals surface area contributed by atoms with Crippen LogP contribution in [0.2, 0.25) is 0 Å². The zero-order valence-corrected chi connectivity index (χ0v) is 19.3. The molecular weight excluding hydrogens is 418 g/mol. The van der Waals surface area contributed by atoms with E-state index in [1.807, 2.05) is 42.5 Å². The van der Waals surface area contributed by atoms with Crippen molar-refractivity contribution in [2.24, 2.45) is 0 Å². The van der Waals surface area contributed by atoms with E-state index in [9.17, 15) is 9.59 Å². The Kier molecular flexibility index (Phi) is 7.59. The molecule has 0 unspecified atom stereocenters. The van der Waals surface area contributed by atoms with Crippen LogP contribution in [0.15, 0.2) is 42.5 Å². The molecule has 2 aliphatic rings. The van der Waals surface area contributed by atoms with Crippen molar-refractivity contribution < 1.29 is 14.3 Å². The Balaban J connectivity index is 1.36. The Morgan fingerprint density at radius 3 is 2.55 bits per heavy atom. The minimum absolute atomic E-state index is 0.0640. The number of hydrazine groups is 1. The lowest BCUT2D eigenvalue weighted by molar-refractivity contribution is 0.0915. The molecule has 4 N–H and O–H groups in total. The number of hydrogen-bond acceptors (Lipinski definition) is 6. The van der Waals surface area contributed by atoms with E-state index in [0.717, 1.165) is 50.1 Å². The molecule has 4 rings (SSSR count). The third-order valence-electron chi connectivity index (χ3n) is 6.46. The quantitative estimate of drug-likeness (QED) is 0.511. The molecule has 2 fully saturated rings. The monoisotopic (exact) mass is 451 g/mol. The predicted octanol–water partition coefficient (Wildman–Crippen LogP) is 1.64. The molecule has 0 saturated carbocycles. The van der Waals surface area contributed by atoms with Gasteiger partial charge in [-0.2, -0.15) is 0 Å². The van der Waals surface area contributed by atoms with Gasteiger partial charge in [0.1, 0.15) is 5.75 Å². The third kappa shape index (κ3) is 5.90. The molecule has 0 atom stereocenters. The highest BCUT2D eigenvalue weighted by molar-refractivity contribution is 5.97. The van der Waals surface area contributed by atoms with Crippen LogP contribution in [0.4, 0.5) is 0 Å². The summed E-state index contributed by atoms with van der Waals surface area (Å²) in [5.41, 5.74) is 9.35. The van der Waals surface area contributed by atoms with E-state index in [-0.39, 0.29) is 17.9 Å². The molecule has 2 heterocycles. The minimum atomic E-state index is -0.206. The standard InChI is InChI=1S/C25H33N5O3/c1-30-10-8-21(9-11-30)29-24(31)19-5-3-4-17(12-19)14-26-25(32)22-7-6-18(13-23(22)33-2)20-15-27-28-16-20/h3-7,12-13,20-21,27-28H,8-11,14-16H2,1-2H3,(H,26,32)(H,29,31). The maximum absolute atomic E-state index is 12.8. The minimum Gasteiger partial charge on any atom is -0.496 e. The van der Waals surface area contributed by atoms with Gasteiger partial charge >= 0.3 is 0 Å². The van der Waals surface area contributed by atoms with Crippen LogP contribution in [-0.4, -0.2) is 63.1 Å². The maximum atomic E-state index is 12.8. The van der Waals surface area contributed by atoms with Gasteiger partial charge in [-0.25, -0.2) is 0 Å². The van der Waals surface area contributed by atoms with Gasteiger partial charge in [0, 0.05) is 37.2 Å². The number of ether oxygens (including phenoxy) is 1. The Morgan fingerprint density at radius 1 is 1.06 bits per heavy atom. The summed E-state index contributed by atoms with van der Waals surface area (Å²) in [7, 11) is 3.68. The second-order valence-corrected chi connectivity index (χ2v) is 8.85. The molecule has 0 spiro atoms. The Bertz CT molecular complexity index is 982. The summed E-state index contributed by atoms with van der Waals surface area (Å²) in [4.78, 5) is 27.8. The highest BCUT2D eigenvalue weighted by Gasteiger charge is 2.21. The fourth-order valence-corrected chi connectivity index (χ4v) is 4.37. The van der Waals surface area contributed by atoms with Crippen molar-refractivity contribution in [3.63, 3.8) is 0 Å². The number of methoxy groups -OCH3 is 1. The first-order valence-electron chi connectivity index (χ1n) is 11.5. The first kappa shape index (κ1) is 23.2. The van der Waals surface area contributed by atoms with Gasteiger partial charge in [-0.15, -0.1) is 0 Å². The van der Waals surface area contributed by atoms with Gasteiger partial charge in [-0.3, -0.25) is 20.4 Å². The summed E-state index contributed by atoms with van der Waals surface area (Å²) in [6, 6.07) is 13.3. The molecule has 0 aliphatic carbocycles. The first-order chi connectivity index (χ1) is 16.0. The number of rotatable bonds is 7. The largest absolute Gasteiger partial charge is 0.496 e. The summed E-state index contributed by atoms with van der Waals surface area (Å²) >= 11 is 0. The number of carbonyl (C=O) groups excluding carboxylic acids is 2. The smallest absolute Gasteiger partial charge is 0.255 e. The fourth-order valence-electron chi connectivity index (χ4n) is 4.37. The van der Waals surface area contributed by atoms with Gasteiger partial charge in [0.25, 0.3) is 11.8 Å². The number of benzene rings is 2. The summed E-state index contributed by atoms with van der Waals surface area (Å²) in [5, 5.41) is 6.09. The number of piperidine rings is 1. The Hall–Kier alpha value is -2.94. The topological polar surface area (TPSA) is 94.7 Å². The average molecular weight is 452 g/mol. The maximum Gasteiger partial charge on any atom is 0.255 e. The molecule has 176 valence electrons. The molecular formula is C25H33N5O3. The van der Waals surface area contributed by atoms with Crippen LogP contribution in [0.1, 0.15) is 50.6 Å². The first-order valence-corrected chi connectivity index (χ1v) is 11.5. The van der Waals surface area contributed by atoms with Gasteiger partial charge < -0.3 is 20.3 Å². The highest BCUT2D eigenvalue weighted by Crippen LogP contribution is 2.26. The van der Waals surface area contributed by atoms with Crippen LogP contribution in [0, 0.1) is 0 Å². The van der Waals surface area contributed by atoms with Crippen molar-refractivity contribution in [3.05, 3.63) is 64.7 Å². The number of nitrogens with one attached hydrogen (secondary N) is 4. The summed E-state index contributed by atoms with van der Waals surface area (Å²) < 4.78 is 5.49. The molecule has 2 aliphatic heterocycles. The van der Waals surface area contributed by atoms with E-state index < -0.39 is 0 Å². The second kappa shape index (κ2) is 10.8. The van der Waals surface area contributed by atoms with Crippen LogP contribution in [0.5, 0.6) is 5.75 Å². The van der Waals surface area contributed by atoms with E-state index in [4.69, 9.17) is 4.74 Å². The summed E-state index contributed by atoms with van der Waals surface area (Å²) in [6.45, 7) is 4.01. The second-order valence-electron chi connectivity index (χ2n) is 8.85. The zero-order valence-electron chi connectivity index (χ0n) is 19.3. The van der Waals surface area contributed by atoms with Crippen LogP contribution >= 0.6 is 0 Å². The van der Waals surface area contributed by atoms with Gasteiger partial charge in [-0.05, 0) is 68.4 Å². The number of carbonyl (C=O) groups is 2. The molecule has 2 aromatic rings. The van der Waals surface area contributed by atoms with Crippen LogP contribution in [0.3, 0.4) is 0 Å². The summed E-state index contributed by atoms with van der Waals surface area (Å²) in [5.74, 6) is 0.635. The van der Waals surface area contributed by atoms with E-state index in [2.05, 4.69) is 33.4 Å². The Labute approximate surface area is 195 Å². The highest BCUT2D eigenvalue weighted by atomic mass is 16.5. The molecule has 2 saturated heterocycles. The van der Waals surface area contributed by atoms with Gasteiger partial charge in [0.15, 0.2) is 0 Å². The van der Waals surface area contributed by atoms with Crippen molar-refractivity contribution in [1.29, 1.82) is 0 Å². The molecule has 0 aromatic heterocycles. The van der Waals surface area contributed by atoms with Gasteiger partial charge in [0.05, 0.1) is 12.7 Å². The lowest BCUT2D eigenvalue weighted by Gasteiger charge is -2.29. The van der Waals surface area contributed by atoms with Gasteiger partial charge in [-0.1, -0.05) is 18.2 Å². The molecule has 2 amide bonds. The number of hydrogen-bond donors (Lipinski definition) is 4. The van der Waals surface area contributed by atoms with Crippen molar-refractivity contribution >= 4 is 11.8 Å². The molecule has 0 bridgehead atoms. The third-order valence-corrected chi connectivity index (χ3v) is 6.46. The number of nitrogens with zero attached hydrogens (tertiary/aromatic N) is 1. The van der Waals surface area contributed by atoms with Crippen molar-refractivity contribution in [2.45, 2.75) is 31.3 Å². The van der Waals surface area contributed by atoms with E-state index in [1.165, 1.54) is 0 Å². The van der Waals surface area contributed by atoms with Crippen LogP contribution in [0.25, 0.3) is 0 Å². The van der Waals surface area contributed by atoms with Crippen molar-refractivity contribution in [2.75, 3.05) is 40.3 Å². The Morgan fingerprint density at radius 2 is 1.82 bits per heavy atom. The number of amides is 2. The lowest BCUT2D eigenvalue weighted by Crippen LogP contribution is -2.43. The normalized spacial score (nSPS) is 17.6. The molecule has 8 nitrogen and oxygen atoms in total.